The Labute approximate surface area is 151 Å². The molecule has 7 nitrogen and oxygen atoms in total. The van der Waals surface area contributed by atoms with Gasteiger partial charge in [-0.15, -0.1) is 11.3 Å². The maximum atomic E-state index is 12.2. The third kappa shape index (κ3) is 2.31. The average Bonchev–Trinajstić information content (AvgIpc) is 3.29. The van der Waals surface area contributed by atoms with Gasteiger partial charge in [0.05, 0.1) is 21.4 Å². The first-order valence-corrected chi connectivity index (χ1v) is 8.80. The summed E-state index contributed by atoms with van der Waals surface area (Å²) in [5.41, 5.74) is 6.17. The van der Waals surface area contributed by atoms with Crippen molar-refractivity contribution in [1.29, 1.82) is 0 Å². The van der Waals surface area contributed by atoms with Crippen molar-refractivity contribution in [2.75, 3.05) is 0 Å². The first kappa shape index (κ1) is 14.9. The Bertz CT molecular complexity index is 1330. The lowest BCUT2D eigenvalue weighted by atomic mass is 10.1. The average molecular weight is 360 g/mol. The summed E-state index contributed by atoms with van der Waals surface area (Å²) in [5.74, 6) is 0. The topological polar surface area (TPSA) is 89.4 Å². The second-order valence-electron chi connectivity index (χ2n) is 5.87. The maximum absolute atomic E-state index is 12.2. The molecule has 0 radical (unpaired) electrons. The molecule has 0 spiro atoms. The van der Waals surface area contributed by atoms with Gasteiger partial charge in [-0.1, -0.05) is 6.07 Å². The molecule has 5 aromatic rings. The van der Waals surface area contributed by atoms with Gasteiger partial charge in [0.1, 0.15) is 11.4 Å². The number of aryl methyl sites for hydroxylation is 1. The zero-order valence-corrected chi connectivity index (χ0v) is 14.5. The van der Waals surface area contributed by atoms with Gasteiger partial charge in [-0.3, -0.25) is 9.48 Å². The van der Waals surface area contributed by atoms with Crippen LogP contribution in [0.1, 0.15) is 0 Å². The molecule has 8 heteroatoms. The predicted octanol–water partition coefficient (Wildman–Crippen LogP) is 3.00. The van der Waals surface area contributed by atoms with Crippen LogP contribution >= 0.6 is 11.3 Å². The van der Waals surface area contributed by atoms with Gasteiger partial charge in [-0.25, -0.2) is 15.0 Å². The van der Waals surface area contributed by atoms with Crippen LogP contribution in [0.4, 0.5) is 0 Å². The third-order valence-corrected chi connectivity index (χ3v) is 4.94. The normalized spacial score (nSPS) is 11.4. The highest BCUT2D eigenvalue weighted by atomic mass is 32.1. The van der Waals surface area contributed by atoms with Gasteiger partial charge in [-0.05, 0) is 18.2 Å². The zero-order chi connectivity index (χ0) is 17.7. The summed E-state index contributed by atoms with van der Waals surface area (Å²) in [6.07, 6.45) is 3.43. The molecule has 0 fully saturated rings. The zero-order valence-electron chi connectivity index (χ0n) is 13.7. The summed E-state index contributed by atoms with van der Waals surface area (Å²) in [5, 5.41) is 4.46. The largest absolute Gasteiger partial charge is 0.345 e. The molecule has 0 amide bonds. The summed E-state index contributed by atoms with van der Waals surface area (Å²) >= 11 is 1.56. The number of nitrogens with one attached hydrogen (secondary N) is 1. The molecule has 1 aromatic carbocycles. The second-order valence-corrected chi connectivity index (χ2v) is 6.76. The first-order valence-electron chi connectivity index (χ1n) is 7.92. The number of pyridine rings is 1. The fourth-order valence-electron chi connectivity index (χ4n) is 2.91. The van der Waals surface area contributed by atoms with Crippen molar-refractivity contribution in [1.82, 2.24) is 29.7 Å². The number of hydrogen-bond acceptors (Lipinski definition) is 6. The van der Waals surface area contributed by atoms with Crippen LogP contribution in [0.2, 0.25) is 0 Å². The lowest BCUT2D eigenvalue weighted by Crippen LogP contribution is -2.07. The summed E-state index contributed by atoms with van der Waals surface area (Å²) in [7, 11) is 1.85. The van der Waals surface area contributed by atoms with Crippen LogP contribution in [0.3, 0.4) is 0 Å². The number of hydrogen-bond donors (Lipinski definition) is 1. The third-order valence-electron chi connectivity index (χ3n) is 4.14. The molecule has 0 saturated carbocycles. The van der Waals surface area contributed by atoms with Gasteiger partial charge in [0, 0.05) is 31.1 Å². The Kier molecular flexibility index (Phi) is 3.19. The molecule has 0 unspecified atom stereocenters. The quantitative estimate of drug-likeness (QED) is 0.523. The van der Waals surface area contributed by atoms with E-state index in [2.05, 4.69) is 25.0 Å². The molecule has 0 atom stereocenters. The standard InChI is InChI=1S/C18H12N6OS/c1-24-7-5-12(23-24)16-15(10-2-3-11-14(8-10)26-9-20-11)21-17-13(25)4-6-19-18(17)22-16/h2-9H,1H3,(H,19,22,25). The summed E-state index contributed by atoms with van der Waals surface area (Å²) < 4.78 is 2.77. The van der Waals surface area contributed by atoms with Crippen LogP contribution < -0.4 is 5.43 Å². The number of fused-ring (bicyclic) bond motifs is 2. The van der Waals surface area contributed by atoms with E-state index >= 15 is 0 Å². The summed E-state index contributed by atoms with van der Waals surface area (Å²) in [6, 6.07) is 9.25. The first-order chi connectivity index (χ1) is 12.7. The van der Waals surface area contributed by atoms with E-state index in [0.29, 0.717) is 28.2 Å². The minimum Gasteiger partial charge on any atom is -0.345 e. The Morgan fingerprint density at radius 3 is 2.88 bits per heavy atom. The lowest BCUT2D eigenvalue weighted by molar-refractivity contribution is 0.770. The fourth-order valence-corrected chi connectivity index (χ4v) is 3.62. The Morgan fingerprint density at radius 2 is 2.04 bits per heavy atom. The monoisotopic (exact) mass is 360 g/mol. The summed E-state index contributed by atoms with van der Waals surface area (Å²) in [6.45, 7) is 0. The number of aromatic amines is 1. The predicted molar refractivity (Wildman–Crippen MR) is 101 cm³/mol. The Hall–Kier alpha value is -3.39. The highest BCUT2D eigenvalue weighted by Crippen LogP contribution is 2.31. The Balaban J connectivity index is 1.86. The van der Waals surface area contributed by atoms with E-state index in [-0.39, 0.29) is 5.43 Å². The fraction of sp³-hybridized carbons (Fsp3) is 0.0556. The van der Waals surface area contributed by atoms with Crippen LogP contribution in [0.5, 0.6) is 0 Å². The van der Waals surface area contributed by atoms with Crippen LogP contribution in [0.15, 0.2) is 53.0 Å². The van der Waals surface area contributed by atoms with Crippen LogP contribution in [0, 0.1) is 0 Å². The number of nitrogens with zero attached hydrogens (tertiary/aromatic N) is 5. The molecule has 0 bridgehead atoms. The van der Waals surface area contributed by atoms with Crippen molar-refractivity contribution in [3.8, 4) is 22.6 Å². The highest BCUT2D eigenvalue weighted by molar-refractivity contribution is 7.16. The van der Waals surface area contributed by atoms with Gasteiger partial charge >= 0.3 is 0 Å². The minimum absolute atomic E-state index is 0.168. The molecule has 0 saturated heterocycles. The van der Waals surface area contributed by atoms with E-state index < -0.39 is 0 Å². The molecule has 1 N–H and O–H groups in total. The van der Waals surface area contributed by atoms with E-state index in [1.165, 1.54) is 6.07 Å². The molecule has 5 rings (SSSR count). The summed E-state index contributed by atoms with van der Waals surface area (Å²) in [4.78, 5) is 28.9. The lowest BCUT2D eigenvalue weighted by Gasteiger charge is -2.08. The van der Waals surface area contributed by atoms with E-state index in [1.807, 2.05) is 43.0 Å². The van der Waals surface area contributed by atoms with E-state index in [1.54, 1.807) is 22.2 Å². The van der Waals surface area contributed by atoms with Gasteiger partial charge in [0.25, 0.3) is 0 Å². The van der Waals surface area contributed by atoms with Crippen molar-refractivity contribution in [3.05, 3.63) is 58.5 Å². The molecule has 126 valence electrons. The number of thiazole rings is 1. The van der Waals surface area contributed by atoms with Crippen molar-refractivity contribution in [2.45, 2.75) is 0 Å². The van der Waals surface area contributed by atoms with Crippen LogP contribution in [-0.4, -0.2) is 29.7 Å². The number of aromatic nitrogens is 6. The van der Waals surface area contributed by atoms with Gasteiger partial charge < -0.3 is 4.98 Å². The van der Waals surface area contributed by atoms with Crippen molar-refractivity contribution in [2.24, 2.45) is 7.05 Å². The molecule has 4 aromatic heterocycles. The van der Waals surface area contributed by atoms with Crippen molar-refractivity contribution >= 4 is 32.7 Å². The van der Waals surface area contributed by atoms with E-state index in [0.717, 1.165) is 15.8 Å². The van der Waals surface area contributed by atoms with E-state index in [4.69, 9.17) is 0 Å². The second kappa shape index (κ2) is 5.57. The number of rotatable bonds is 2. The van der Waals surface area contributed by atoms with Crippen LogP contribution in [-0.2, 0) is 7.05 Å². The smallest absolute Gasteiger partial charge is 0.209 e. The number of H-pyrrole nitrogens is 1. The molecular weight excluding hydrogens is 348 g/mol. The van der Waals surface area contributed by atoms with Crippen LogP contribution in [0.25, 0.3) is 44.0 Å². The minimum atomic E-state index is -0.168. The maximum Gasteiger partial charge on any atom is 0.209 e. The van der Waals surface area contributed by atoms with Gasteiger partial charge in [0.2, 0.25) is 5.43 Å². The van der Waals surface area contributed by atoms with E-state index in [9.17, 15) is 4.79 Å². The SMILES string of the molecule is Cn1ccc(-c2nc3[nH]ccc(=O)c3nc2-c2ccc3ncsc3c2)n1. The molecule has 0 aliphatic heterocycles. The molecule has 0 aliphatic carbocycles. The van der Waals surface area contributed by atoms with Gasteiger partial charge in [0.15, 0.2) is 11.2 Å². The molecule has 4 heterocycles. The highest BCUT2D eigenvalue weighted by Gasteiger charge is 2.17. The molecule has 26 heavy (non-hydrogen) atoms. The van der Waals surface area contributed by atoms with Crippen molar-refractivity contribution < 1.29 is 0 Å². The van der Waals surface area contributed by atoms with Crippen molar-refractivity contribution in [3.63, 3.8) is 0 Å². The Morgan fingerprint density at radius 1 is 1.12 bits per heavy atom. The number of benzene rings is 1. The van der Waals surface area contributed by atoms with Gasteiger partial charge in [-0.2, -0.15) is 5.10 Å². The molecule has 0 aliphatic rings. The molecular formula is C18H12N6OS.